The topological polar surface area (TPSA) is 30.7 Å². The molecule has 0 amide bonds. The van der Waals surface area contributed by atoms with Crippen LogP contribution in [-0.4, -0.2) is 14.5 Å². The van der Waals surface area contributed by atoms with Crippen LogP contribution in [-0.2, 0) is 7.05 Å². The van der Waals surface area contributed by atoms with Gasteiger partial charge in [-0.25, -0.2) is 9.97 Å². The van der Waals surface area contributed by atoms with Crippen LogP contribution in [0.1, 0.15) is 0 Å². The highest BCUT2D eigenvalue weighted by molar-refractivity contribution is 7.14. The molecule has 0 aromatic carbocycles. The molecule has 0 saturated carbocycles. The third-order valence-corrected chi connectivity index (χ3v) is 2.51. The Labute approximate surface area is 78.7 Å². The Hall–Kier alpha value is -0.870. The molecule has 3 nitrogen and oxygen atoms in total. The Morgan fingerprint density at radius 3 is 2.92 bits per heavy atom. The van der Waals surface area contributed by atoms with Gasteiger partial charge in [-0.3, -0.25) is 0 Å². The number of halogens is 1. The van der Waals surface area contributed by atoms with E-state index in [9.17, 15) is 0 Å². The van der Waals surface area contributed by atoms with Gasteiger partial charge in [-0.15, -0.1) is 11.3 Å². The lowest BCUT2D eigenvalue weighted by molar-refractivity contribution is 0.920. The van der Waals surface area contributed by atoms with E-state index in [-0.39, 0.29) is 0 Å². The fraction of sp³-hybridized carbons (Fsp3) is 0.143. The summed E-state index contributed by atoms with van der Waals surface area (Å²) < 4.78 is 2.46. The maximum absolute atomic E-state index is 5.70. The van der Waals surface area contributed by atoms with Crippen molar-refractivity contribution < 1.29 is 0 Å². The van der Waals surface area contributed by atoms with Crippen molar-refractivity contribution in [3.05, 3.63) is 22.2 Å². The van der Waals surface area contributed by atoms with Gasteiger partial charge in [-0.05, 0) is 0 Å². The average molecular weight is 200 g/mol. The smallest absolute Gasteiger partial charge is 0.184 e. The normalized spacial score (nSPS) is 10.5. The first-order chi connectivity index (χ1) is 5.77. The van der Waals surface area contributed by atoms with Crippen molar-refractivity contribution in [1.82, 2.24) is 14.5 Å². The lowest BCUT2D eigenvalue weighted by Crippen LogP contribution is -1.90. The Balaban J connectivity index is 2.50. The van der Waals surface area contributed by atoms with E-state index in [1.54, 1.807) is 6.20 Å². The van der Waals surface area contributed by atoms with Gasteiger partial charge in [-0.2, -0.15) is 0 Å². The Morgan fingerprint density at radius 2 is 2.42 bits per heavy atom. The predicted octanol–water partition coefficient (Wildman–Crippen LogP) is 2.20. The van der Waals surface area contributed by atoms with Gasteiger partial charge < -0.3 is 4.57 Å². The highest BCUT2D eigenvalue weighted by Gasteiger charge is 2.06. The second kappa shape index (κ2) is 2.88. The SMILES string of the molecule is Cn1ccnc1-c1csc(Cl)n1. The predicted molar refractivity (Wildman–Crippen MR) is 49.3 cm³/mol. The summed E-state index contributed by atoms with van der Waals surface area (Å²) >= 11 is 7.11. The number of aromatic nitrogens is 3. The van der Waals surface area contributed by atoms with Crippen LogP contribution in [0.15, 0.2) is 17.8 Å². The average Bonchev–Trinajstić information content (AvgIpc) is 2.58. The molecule has 0 fully saturated rings. The van der Waals surface area contributed by atoms with Crippen LogP contribution in [0.5, 0.6) is 0 Å². The molecule has 0 radical (unpaired) electrons. The number of imidazole rings is 1. The Morgan fingerprint density at radius 1 is 1.58 bits per heavy atom. The number of nitrogens with zero attached hydrogens (tertiary/aromatic N) is 3. The van der Waals surface area contributed by atoms with Gasteiger partial charge >= 0.3 is 0 Å². The zero-order chi connectivity index (χ0) is 8.55. The van der Waals surface area contributed by atoms with Gasteiger partial charge in [0, 0.05) is 24.8 Å². The highest BCUT2D eigenvalue weighted by atomic mass is 35.5. The summed E-state index contributed by atoms with van der Waals surface area (Å²) in [6.45, 7) is 0. The molecule has 0 aliphatic heterocycles. The van der Waals surface area contributed by atoms with Gasteiger partial charge in [0.1, 0.15) is 5.69 Å². The first-order valence-corrected chi connectivity index (χ1v) is 4.62. The molecule has 0 saturated heterocycles. The van der Waals surface area contributed by atoms with Crippen molar-refractivity contribution in [2.24, 2.45) is 7.05 Å². The summed E-state index contributed by atoms with van der Waals surface area (Å²) in [5, 5.41) is 1.89. The second-order valence-corrected chi connectivity index (χ2v) is 3.79. The Bertz CT molecular complexity index is 393. The van der Waals surface area contributed by atoms with E-state index in [0.717, 1.165) is 11.5 Å². The maximum Gasteiger partial charge on any atom is 0.184 e. The highest BCUT2D eigenvalue weighted by Crippen LogP contribution is 2.22. The van der Waals surface area contributed by atoms with Gasteiger partial charge in [0.15, 0.2) is 10.3 Å². The molecule has 2 aromatic rings. The van der Waals surface area contributed by atoms with Crippen molar-refractivity contribution in [2.75, 3.05) is 0 Å². The zero-order valence-electron chi connectivity index (χ0n) is 6.36. The molecule has 2 heterocycles. The van der Waals surface area contributed by atoms with Crippen LogP contribution in [0.3, 0.4) is 0 Å². The lowest BCUT2D eigenvalue weighted by atomic mass is 10.5. The summed E-state index contributed by atoms with van der Waals surface area (Å²) in [6, 6.07) is 0. The molecule has 0 aliphatic carbocycles. The molecule has 62 valence electrons. The van der Waals surface area contributed by atoms with Crippen molar-refractivity contribution >= 4 is 22.9 Å². The first kappa shape index (κ1) is 7.76. The van der Waals surface area contributed by atoms with E-state index in [1.165, 1.54) is 11.3 Å². The number of aryl methyl sites for hydroxylation is 1. The minimum atomic E-state index is 0.549. The molecular formula is C7H6ClN3S. The monoisotopic (exact) mass is 199 g/mol. The first-order valence-electron chi connectivity index (χ1n) is 3.36. The quantitative estimate of drug-likeness (QED) is 0.705. The third-order valence-electron chi connectivity index (χ3n) is 1.53. The molecule has 0 bridgehead atoms. The summed E-state index contributed by atoms with van der Waals surface area (Å²) in [6.07, 6.45) is 3.62. The summed E-state index contributed by atoms with van der Waals surface area (Å²) in [4.78, 5) is 8.26. The van der Waals surface area contributed by atoms with Crippen LogP contribution in [0.4, 0.5) is 0 Å². The van der Waals surface area contributed by atoms with E-state index in [0.29, 0.717) is 4.47 Å². The van der Waals surface area contributed by atoms with Crippen molar-refractivity contribution in [1.29, 1.82) is 0 Å². The molecule has 12 heavy (non-hydrogen) atoms. The molecule has 5 heteroatoms. The zero-order valence-corrected chi connectivity index (χ0v) is 7.93. The van der Waals surface area contributed by atoms with E-state index < -0.39 is 0 Å². The van der Waals surface area contributed by atoms with Gasteiger partial charge in [0.2, 0.25) is 0 Å². The van der Waals surface area contributed by atoms with E-state index >= 15 is 0 Å². The van der Waals surface area contributed by atoms with Crippen LogP contribution in [0.25, 0.3) is 11.5 Å². The number of thiazole rings is 1. The van der Waals surface area contributed by atoms with Crippen LogP contribution < -0.4 is 0 Å². The molecule has 0 N–H and O–H groups in total. The second-order valence-electron chi connectivity index (χ2n) is 2.35. The largest absolute Gasteiger partial charge is 0.333 e. The van der Waals surface area contributed by atoms with Gasteiger partial charge in [-0.1, -0.05) is 11.6 Å². The summed E-state index contributed by atoms with van der Waals surface area (Å²) in [5.41, 5.74) is 0.831. The summed E-state index contributed by atoms with van der Waals surface area (Å²) in [5.74, 6) is 0.846. The number of hydrogen-bond donors (Lipinski definition) is 0. The standard InChI is InChI=1S/C7H6ClN3S/c1-11-3-2-9-6(11)5-4-12-7(8)10-5/h2-4H,1H3. The summed E-state index contributed by atoms with van der Waals surface area (Å²) in [7, 11) is 1.93. The van der Waals surface area contributed by atoms with Crippen molar-refractivity contribution in [2.45, 2.75) is 0 Å². The minimum Gasteiger partial charge on any atom is -0.333 e. The minimum absolute atomic E-state index is 0.549. The number of rotatable bonds is 1. The van der Waals surface area contributed by atoms with Crippen molar-refractivity contribution in [3.8, 4) is 11.5 Å². The fourth-order valence-electron chi connectivity index (χ4n) is 0.967. The maximum atomic E-state index is 5.70. The van der Waals surface area contributed by atoms with Crippen LogP contribution in [0, 0.1) is 0 Å². The molecular weight excluding hydrogens is 194 g/mol. The van der Waals surface area contributed by atoms with E-state index in [2.05, 4.69) is 9.97 Å². The lowest BCUT2D eigenvalue weighted by Gasteiger charge is -1.94. The van der Waals surface area contributed by atoms with Crippen LogP contribution >= 0.6 is 22.9 Å². The molecule has 0 aliphatic rings. The fourth-order valence-corrected chi connectivity index (χ4v) is 1.71. The Kier molecular flexibility index (Phi) is 1.86. The molecule has 2 aromatic heterocycles. The van der Waals surface area contributed by atoms with Crippen molar-refractivity contribution in [3.63, 3.8) is 0 Å². The molecule has 0 unspecified atom stereocenters. The number of hydrogen-bond acceptors (Lipinski definition) is 3. The molecule has 0 atom stereocenters. The van der Waals surface area contributed by atoms with Gasteiger partial charge in [0.25, 0.3) is 0 Å². The third kappa shape index (κ3) is 1.23. The van der Waals surface area contributed by atoms with Gasteiger partial charge in [0.05, 0.1) is 0 Å². The van der Waals surface area contributed by atoms with E-state index in [1.807, 2.05) is 23.2 Å². The molecule has 2 rings (SSSR count). The van der Waals surface area contributed by atoms with E-state index in [4.69, 9.17) is 11.6 Å². The van der Waals surface area contributed by atoms with Crippen LogP contribution in [0.2, 0.25) is 4.47 Å². The molecule has 0 spiro atoms.